The summed E-state index contributed by atoms with van der Waals surface area (Å²) >= 11 is 0. The molecule has 1 aliphatic rings. The molecule has 0 aromatic heterocycles. The summed E-state index contributed by atoms with van der Waals surface area (Å²) in [6, 6.07) is 0. The van der Waals surface area contributed by atoms with Gasteiger partial charge in [0.25, 0.3) is 0 Å². The zero-order chi connectivity index (χ0) is 5.28. The van der Waals surface area contributed by atoms with Gasteiger partial charge < -0.3 is 0 Å². The van der Waals surface area contributed by atoms with Gasteiger partial charge in [0.2, 0.25) is 0 Å². The average molecular weight is 101 g/mol. The van der Waals surface area contributed by atoms with E-state index in [4.69, 9.17) is 0 Å². The van der Waals surface area contributed by atoms with Gasteiger partial charge in [-0.15, -0.1) is 0 Å². The molecule has 38 valence electrons. The zero-order valence-electron chi connectivity index (χ0n) is 5.86. The summed E-state index contributed by atoms with van der Waals surface area (Å²) in [4.78, 5) is 0. The second kappa shape index (κ2) is 3.17. The van der Waals surface area contributed by atoms with Crippen molar-refractivity contribution in [2.24, 2.45) is 0 Å². The van der Waals surface area contributed by atoms with Crippen molar-refractivity contribution in [3.8, 4) is 0 Å². The Bertz CT molecular complexity index is 131. The van der Waals surface area contributed by atoms with E-state index in [-0.39, 0.29) is 18.9 Å². The molecule has 8 heavy (non-hydrogen) atoms. The molecule has 0 spiro atoms. The summed E-state index contributed by atoms with van der Waals surface area (Å²) in [7, 11) is 0. The summed E-state index contributed by atoms with van der Waals surface area (Å²) in [5.74, 6) is 0. The molecule has 0 atom stereocenters. The van der Waals surface area contributed by atoms with E-state index in [9.17, 15) is 0 Å². The molecule has 1 rings (SSSR count). The normalized spacial score (nSPS) is 16.8. The molecule has 0 unspecified atom stereocenters. The van der Waals surface area contributed by atoms with E-state index in [0.717, 1.165) is 0 Å². The van der Waals surface area contributed by atoms with Crippen LogP contribution in [-0.4, -0.2) is 0 Å². The Labute approximate surface area is 62.8 Å². The topological polar surface area (TPSA) is 0 Å². The van der Waals surface area contributed by atoms with Crippen molar-refractivity contribution in [2.75, 3.05) is 0 Å². The van der Waals surface area contributed by atoms with Crippen molar-refractivity contribution in [1.29, 1.82) is 0 Å². The van der Waals surface area contributed by atoms with Crippen LogP contribution in [0.2, 0.25) is 0 Å². The minimum absolute atomic E-state index is 0. The van der Waals surface area contributed by atoms with Crippen molar-refractivity contribution < 1.29 is 18.9 Å². The SMILES string of the molecule is CC1=C(C)CC=C1.[Li+]. The standard InChI is InChI=1S/C7H10.Li/c1-6-4-3-5-7(6)2;/h3-4H,5H2,1-2H3;/q;+1. The molecule has 0 amide bonds. The van der Waals surface area contributed by atoms with Gasteiger partial charge in [-0.25, -0.2) is 0 Å². The van der Waals surface area contributed by atoms with E-state index in [1.807, 2.05) is 0 Å². The Balaban J connectivity index is 0.000000490. The summed E-state index contributed by atoms with van der Waals surface area (Å²) < 4.78 is 0. The van der Waals surface area contributed by atoms with Crippen molar-refractivity contribution >= 4 is 0 Å². The van der Waals surface area contributed by atoms with Crippen LogP contribution in [0.3, 0.4) is 0 Å². The van der Waals surface area contributed by atoms with Gasteiger partial charge in [-0.3, -0.25) is 0 Å². The summed E-state index contributed by atoms with van der Waals surface area (Å²) in [6.45, 7) is 4.33. The first-order valence-corrected chi connectivity index (χ1v) is 2.63. The van der Waals surface area contributed by atoms with E-state index in [1.165, 1.54) is 17.6 Å². The molecule has 1 heteroatoms. The fourth-order valence-corrected chi connectivity index (χ4v) is 0.716. The molecular weight excluding hydrogens is 91.0 g/mol. The van der Waals surface area contributed by atoms with Gasteiger partial charge in [0.05, 0.1) is 0 Å². The molecule has 0 saturated heterocycles. The number of rotatable bonds is 0. The third kappa shape index (κ3) is 1.54. The molecule has 0 saturated carbocycles. The molecule has 0 aromatic carbocycles. The van der Waals surface area contributed by atoms with E-state index in [0.29, 0.717) is 0 Å². The van der Waals surface area contributed by atoms with Crippen LogP contribution in [0, 0.1) is 0 Å². The van der Waals surface area contributed by atoms with Gasteiger partial charge in [0.1, 0.15) is 0 Å². The molecule has 1 aliphatic carbocycles. The Hall–Kier alpha value is 0.0774. The van der Waals surface area contributed by atoms with Gasteiger partial charge in [0, 0.05) is 0 Å². The van der Waals surface area contributed by atoms with Crippen molar-refractivity contribution in [2.45, 2.75) is 20.3 Å². The van der Waals surface area contributed by atoms with Crippen molar-refractivity contribution in [3.63, 3.8) is 0 Å². The molecule has 0 N–H and O–H groups in total. The maximum absolute atomic E-state index is 2.20. The predicted octanol–water partition coefficient (Wildman–Crippen LogP) is -0.713. The maximum Gasteiger partial charge on any atom is 1.00 e. The number of hydrogen-bond acceptors (Lipinski definition) is 0. The second-order valence-corrected chi connectivity index (χ2v) is 2.07. The molecule has 0 nitrogen and oxygen atoms in total. The van der Waals surface area contributed by atoms with Crippen molar-refractivity contribution in [3.05, 3.63) is 23.3 Å². The van der Waals surface area contributed by atoms with Gasteiger partial charge in [-0.2, -0.15) is 0 Å². The van der Waals surface area contributed by atoms with Gasteiger partial charge in [-0.05, 0) is 20.3 Å². The van der Waals surface area contributed by atoms with Gasteiger partial charge in [0.15, 0.2) is 0 Å². The molecule has 0 aliphatic heterocycles. The van der Waals surface area contributed by atoms with Crippen LogP contribution in [-0.2, 0) is 0 Å². The van der Waals surface area contributed by atoms with Crippen LogP contribution < -0.4 is 18.9 Å². The van der Waals surface area contributed by atoms with Crippen molar-refractivity contribution in [1.82, 2.24) is 0 Å². The van der Waals surface area contributed by atoms with E-state index in [1.54, 1.807) is 0 Å². The first-order chi connectivity index (χ1) is 3.30. The van der Waals surface area contributed by atoms with Gasteiger partial charge >= 0.3 is 18.9 Å². The smallest absolute Gasteiger partial charge is 0.0802 e. The summed E-state index contributed by atoms with van der Waals surface area (Å²) in [6.07, 6.45) is 5.55. The Morgan fingerprint density at radius 1 is 1.38 bits per heavy atom. The minimum atomic E-state index is 0. The maximum atomic E-state index is 2.20. The van der Waals surface area contributed by atoms with Gasteiger partial charge in [-0.1, -0.05) is 23.3 Å². The summed E-state index contributed by atoms with van der Waals surface area (Å²) in [5.41, 5.74) is 2.96. The molecule has 0 heterocycles. The molecule has 0 fully saturated rings. The quantitative estimate of drug-likeness (QED) is 0.353. The van der Waals surface area contributed by atoms with Crippen LogP contribution in [0.15, 0.2) is 23.3 Å². The van der Waals surface area contributed by atoms with Crippen LogP contribution in [0.25, 0.3) is 0 Å². The number of allylic oxidation sites excluding steroid dienone is 4. The number of hydrogen-bond donors (Lipinski definition) is 0. The van der Waals surface area contributed by atoms with E-state index in [2.05, 4.69) is 26.0 Å². The molecular formula is C7H10Li+. The molecule has 0 radical (unpaired) electrons. The summed E-state index contributed by atoms with van der Waals surface area (Å²) in [5, 5.41) is 0. The first kappa shape index (κ1) is 8.08. The fourth-order valence-electron chi connectivity index (χ4n) is 0.716. The van der Waals surface area contributed by atoms with Crippen LogP contribution >= 0.6 is 0 Å². The monoisotopic (exact) mass is 101 g/mol. The first-order valence-electron chi connectivity index (χ1n) is 2.63. The fraction of sp³-hybridized carbons (Fsp3) is 0.429. The zero-order valence-corrected chi connectivity index (χ0v) is 5.86. The minimum Gasteiger partial charge on any atom is -0.0802 e. The third-order valence-corrected chi connectivity index (χ3v) is 1.47. The second-order valence-electron chi connectivity index (χ2n) is 2.07. The molecule has 0 aromatic rings. The van der Waals surface area contributed by atoms with Crippen LogP contribution in [0.5, 0.6) is 0 Å². The Morgan fingerprint density at radius 3 is 2.12 bits per heavy atom. The Kier molecular flexibility index (Phi) is 3.20. The average Bonchev–Trinajstić information content (AvgIpc) is 1.91. The Morgan fingerprint density at radius 2 is 2.00 bits per heavy atom. The third-order valence-electron chi connectivity index (χ3n) is 1.47. The predicted molar refractivity (Wildman–Crippen MR) is 32.1 cm³/mol. The van der Waals surface area contributed by atoms with Crippen LogP contribution in [0.1, 0.15) is 20.3 Å². The van der Waals surface area contributed by atoms with Crippen LogP contribution in [0.4, 0.5) is 0 Å². The van der Waals surface area contributed by atoms with E-state index < -0.39 is 0 Å². The largest absolute Gasteiger partial charge is 1.00 e. The van der Waals surface area contributed by atoms with E-state index >= 15 is 0 Å². The molecule has 0 bridgehead atoms.